The number of unbranched alkanes of at least 4 members (excludes halogenated alkanes) is 11. The van der Waals surface area contributed by atoms with Crippen LogP contribution in [0.5, 0.6) is 5.75 Å². The summed E-state index contributed by atoms with van der Waals surface area (Å²) in [5, 5.41) is 8.33. The summed E-state index contributed by atoms with van der Waals surface area (Å²) in [7, 11) is 0. The number of rotatable bonds is 19. The van der Waals surface area contributed by atoms with Crippen LogP contribution in [-0.4, -0.2) is 18.5 Å². The minimum atomic E-state index is -0.399. The second-order valence-corrected chi connectivity index (χ2v) is 9.82. The highest BCUT2D eigenvalue weighted by Gasteiger charge is 2.08. The van der Waals surface area contributed by atoms with Gasteiger partial charge in [-0.05, 0) is 61.4 Å². The molecule has 2 aromatic rings. The molecule has 0 radical (unpaired) electrons. The second kappa shape index (κ2) is 19.7. The fourth-order valence-electron chi connectivity index (χ4n) is 4.00. The summed E-state index contributed by atoms with van der Waals surface area (Å²) in [6.45, 7) is 4.77. The van der Waals surface area contributed by atoms with E-state index in [-0.39, 0.29) is 11.7 Å². The topological polar surface area (TPSA) is 94.4 Å². The van der Waals surface area contributed by atoms with Gasteiger partial charge in [-0.3, -0.25) is 9.59 Å². The van der Waals surface area contributed by atoms with Gasteiger partial charge in [-0.2, -0.15) is 10.2 Å². The minimum Gasteiger partial charge on any atom is -0.462 e. The van der Waals surface area contributed by atoms with Gasteiger partial charge in [-0.25, -0.2) is 4.79 Å². The van der Waals surface area contributed by atoms with Crippen molar-refractivity contribution in [3.63, 3.8) is 0 Å². The molecule has 0 aromatic heterocycles. The SMILES string of the molecule is CCCCCCCCCCCC(=O)Oc1ccc(N=Nc2ccc(C(=O)OCCCCCC)cc2)ccc1=O. The van der Waals surface area contributed by atoms with Crippen molar-refractivity contribution in [3.8, 4) is 5.75 Å². The molecule has 0 unspecified atom stereocenters. The molecule has 0 bridgehead atoms. The van der Waals surface area contributed by atoms with Gasteiger partial charge in [0, 0.05) is 6.42 Å². The molecule has 2 aromatic carbocycles. The standard InChI is InChI=1S/C32H44N2O5/c1-3-5-7-9-10-11-12-13-14-16-31(36)39-30-24-22-28(21-23-29(30)35)34-33-27-19-17-26(18-20-27)32(37)38-25-15-8-6-4-2/h17-24H,3-16,25H2,1-2H3. The number of esters is 2. The summed E-state index contributed by atoms with van der Waals surface area (Å²) >= 11 is 0. The van der Waals surface area contributed by atoms with Crippen molar-refractivity contribution in [2.45, 2.75) is 104 Å². The van der Waals surface area contributed by atoms with Crippen molar-refractivity contribution < 1.29 is 19.1 Å². The first-order valence-electron chi connectivity index (χ1n) is 14.6. The molecule has 0 aliphatic heterocycles. The number of ether oxygens (including phenoxy) is 2. The minimum absolute atomic E-state index is 0.0186. The average molecular weight is 537 g/mol. The van der Waals surface area contributed by atoms with E-state index in [9.17, 15) is 14.4 Å². The predicted octanol–water partition coefficient (Wildman–Crippen LogP) is 9.03. The van der Waals surface area contributed by atoms with Crippen molar-refractivity contribution >= 4 is 23.3 Å². The van der Waals surface area contributed by atoms with E-state index in [4.69, 9.17) is 9.47 Å². The summed E-state index contributed by atoms with van der Waals surface area (Å²) in [4.78, 5) is 36.7. The van der Waals surface area contributed by atoms with Gasteiger partial charge in [-0.15, -0.1) is 0 Å². The molecule has 2 rings (SSSR count). The number of benzene rings is 1. The third-order valence-electron chi connectivity index (χ3n) is 6.38. The first kappa shape index (κ1) is 31.9. The molecule has 0 amide bonds. The number of hydrogen-bond acceptors (Lipinski definition) is 7. The highest BCUT2D eigenvalue weighted by Crippen LogP contribution is 2.19. The van der Waals surface area contributed by atoms with Crippen LogP contribution >= 0.6 is 0 Å². The van der Waals surface area contributed by atoms with Crippen molar-refractivity contribution in [3.05, 3.63) is 64.3 Å². The molecule has 0 saturated carbocycles. The lowest BCUT2D eigenvalue weighted by atomic mass is 10.1. The van der Waals surface area contributed by atoms with Gasteiger partial charge in [0.25, 0.3) is 0 Å². The van der Waals surface area contributed by atoms with Crippen molar-refractivity contribution in [2.24, 2.45) is 10.2 Å². The lowest BCUT2D eigenvalue weighted by molar-refractivity contribution is -0.134. The van der Waals surface area contributed by atoms with E-state index in [0.717, 1.165) is 44.9 Å². The Morgan fingerprint density at radius 2 is 1.15 bits per heavy atom. The molecule has 0 N–H and O–H groups in total. The molecule has 0 aliphatic carbocycles. The third kappa shape index (κ3) is 13.8. The lowest BCUT2D eigenvalue weighted by Gasteiger charge is -2.04. The van der Waals surface area contributed by atoms with Gasteiger partial charge >= 0.3 is 11.9 Å². The summed E-state index contributed by atoms with van der Waals surface area (Å²) < 4.78 is 10.6. The van der Waals surface area contributed by atoms with Gasteiger partial charge in [0.15, 0.2) is 5.75 Å². The first-order valence-corrected chi connectivity index (χ1v) is 14.6. The highest BCUT2D eigenvalue weighted by atomic mass is 16.5. The van der Waals surface area contributed by atoms with Gasteiger partial charge in [-0.1, -0.05) is 84.5 Å². The molecule has 0 spiro atoms. The molecule has 7 heteroatoms. The Labute approximate surface area is 233 Å². The van der Waals surface area contributed by atoms with E-state index >= 15 is 0 Å². The average Bonchev–Trinajstić information content (AvgIpc) is 3.12. The Balaban J connectivity index is 1.78. The van der Waals surface area contributed by atoms with Crippen LogP contribution in [-0.2, 0) is 9.53 Å². The third-order valence-corrected chi connectivity index (χ3v) is 6.38. The lowest BCUT2D eigenvalue weighted by Crippen LogP contribution is -2.12. The fraction of sp³-hybridized carbons (Fsp3) is 0.531. The van der Waals surface area contributed by atoms with E-state index < -0.39 is 11.4 Å². The van der Waals surface area contributed by atoms with Crippen molar-refractivity contribution in [1.82, 2.24) is 0 Å². The van der Waals surface area contributed by atoms with Gasteiger partial charge in [0.2, 0.25) is 5.43 Å². The summed E-state index contributed by atoms with van der Waals surface area (Å²) in [6.07, 6.45) is 15.0. The number of nitrogens with zero attached hydrogens (tertiary/aromatic N) is 2. The maximum absolute atomic E-state index is 12.3. The number of carbonyl (C=O) groups excluding carboxylic acids is 2. The number of hydrogen-bond donors (Lipinski definition) is 0. The Morgan fingerprint density at radius 3 is 1.77 bits per heavy atom. The molecule has 7 nitrogen and oxygen atoms in total. The quantitative estimate of drug-likeness (QED) is 0.101. The monoisotopic (exact) mass is 536 g/mol. The van der Waals surface area contributed by atoms with Crippen LogP contribution < -0.4 is 10.2 Å². The van der Waals surface area contributed by atoms with E-state index in [1.54, 1.807) is 30.3 Å². The highest BCUT2D eigenvalue weighted by molar-refractivity contribution is 5.89. The summed E-state index contributed by atoms with van der Waals surface area (Å²) in [5.41, 5.74) is 1.05. The number of azo groups is 1. The molecule has 0 aliphatic rings. The molecule has 39 heavy (non-hydrogen) atoms. The zero-order chi connectivity index (χ0) is 28.1. The Bertz CT molecular complexity index is 1080. The van der Waals surface area contributed by atoms with Crippen LogP contribution in [0.15, 0.2) is 63.6 Å². The van der Waals surface area contributed by atoms with E-state index in [0.29, 0.717) is 30.0 Å². The fourth-order valence-corrected chi connectivity index (χ4v) is 4.00. The van der Waals surface area contributed by atoms with Gasteiger partial charge < -0.3 is 9.47 Å². The van der Waals surface area contributed by atoms with Gasteiger partial charge in [0.05, 0.1) is 23.5 Å². The normalized spacial score (nSPS) is 11.0. The van der Waals surface area contributed by atoms with Crippen LogP contribution in [0.25, 0.3) is 0 Å². The molecule has 0 saturated heterocycles. The summed E-state index contributed by atoms with van der Waals surface area (Å²) in [6, 6.07) is 12.5. The molecule has 212 valence electrons. The molecular formula is C32H44N2O5. The first-order chi connectivity index (χ1) is 19.0. The molecule has 0 atom stereocenters. The van der Waals surface area contributed by atoms with Crippen LogP contribution in [0.4, 0.5) is 11.4 Å². The van der Waals surface area contributed by atoms with Crippen LogP contribution in [0.1, 0.15) is 114 Å². The summed E-state index contributed by atoms with van der Waals surface area (Å²) in [5.74, 6) is -0.771. The second-order valence-electron chi connectivity index (χ2n) is 9.82. The Kier molecular flexibility index (Phi) is 16.1. The Morgan fingerprint density at radius 1 is 0.641 bits per heavy atom. The van der Waals surface area contributed by atoms with E-state index in [2.05, 4.69) is 24.1 Å². The van der Waals surface area contributed by atoms with E-state index in [1.165, 1.54) is 56.7 Å². The largest absolute Gasteiger partial charge is 0.462 e. The Hall–Kier alpha value is -3.35. The maximum Gasteiger partial charge on any atom is 0.338 e. The van der Waals surface area contributed by atoms with Crippen molar-refractivity contribution in [1.29, 1.82) is 0 Å². The maximum atomic E-state index is 12.3. The zero-order valence-electron chi connectivity index (χ0n) is 23.7. The van der Waals surface area contributed by atoms with E-state index in [1.807, 2.05) is 0 Å². The van der Waals surface area contributed by atoms with Crippen LogP contribution in [0, 0.1) is 0 Å². The molecule has 0 heterocycles. The smallest absolute Gasteiger partial charge is 0.338 e. The zero-order valence-corrected chi connectivity index (χ0v) is 23.7. The van der Waals surface area contributed by atoms with Crippen LogP contribution in [0.3, 0.4) is 0 Å². The molecular weight excluding hydrogens is 492 g/mol. The van der Waals surface area contributed by atoms with Crippen molar-refractivity contribution in [2.75, 3.05) is 6.61 Å². The number of carbonyl (C=O) groups is 2. The van der Waals surface area contributed by atoms with Gasteiger partial charge in [0.1, 0.15) is 0 Å². The van der Waals surface area contributed by atoms with Crippen LogP contribution in [0.2, 0.25) is 0 Å². The molecule has 0 fully saturated rings. The predicted molar refractivity (Wildman–Crippen MR) is 155 cm³/mol.